The average Bonchev–Trinajstić information content (AvgIpc) is 3.04. The zero-order valence-corrected chi connectivity index (χ0v) is 14.8. The number of benzene rings is 1. The minimum Gasteiger partial charge on any atom is -0.442 e. The Morgan fingerprint density at radius 3 is 2.72 bits per heavy atom. The van der Waals surface area contributed by atoms with Gasteiger partial charge in [0.1, 0.15) is 11.6 Å². The van der Waals surface area contributed by atoms with Gasteiger partial charge >= 0.3 is 0 Å². The molecule has 0 radical (unpaired) electrons. The Hall–Kier alpha value is -2.21. The van der Waals surface area contributed by atoms with E-state index in [0.717, 1.165) is 5.56 Å². The van der Waals surface area contributed by atoms with E-state index in [2.05, 4.69) is 4.98 Å². The highest BCUT2D eigenvalue weighted by Gasteiger charge is 2.33. The molecular weight excluding hydrogens is 323 g/mol. The Labute approximate surface area is 146 Å². The van der Waals surface area contributed by atoms with Crippen LogP contribution in [0.5, 0.6) is 0 Å². The van der Waals surface area contributed by atoms with Crippen LogP contribution in [-0.2, 0) is 16.0 Å². The van der Waals surface area contributed by atoms with Gasteiger partial charge in [0.15, 0.2) is 6.10 Å². The standard InChI is InChI=1S/C19H23FN2O3/c1-19(2,3)18(23)22-8-9-24-16(12-22)17-21-11-15(25-17)10-13-4-6-14(20)7-5-13/h4-7,11,16H,8-10,12H2,1-3H3. The number of rotatable bonds is 3. The molecule has 1 fully saturated rings. The molecular formula is C19H23FN2O3. The molecule has 1 aliphatic heterocycles. The van der Waals surface area contributed by atoms with Crippen molar-refractivity contribution >= 4 is 5.91 Å². The highest BCUT2D eigenvalue weighted by molar-refractivity contribution is 5.81. The summed E-state index contributed by atoms with van der Waals surface area (Å²) in [6.45, 7) is 7.20. The van der Waals surface area contributed by atoms with Crippen LogP contribution in [-0.4, -0.2) is 35.5 Å². The zero-order valence-electron chi connectivity index (χ0n) is 14.8. The number of nitrogens with zero attached hydrogens (tertiary/aromatic N) is 2. The van der Waals surface area contributed by atoms with Crippen LogP contribution in [0.2, 0.25) is 0 Å². The summed E-state index contributed by atoms with van der Waals surface area (Å²) in [5.74, 6) is 0.994. The lowest BCUT2D eigenvalue weighted by molar-refractivity contribution is -0.148. The van der Waals surface area contributed by atoms with Crippen LogP contribution in [0, 0.1) is 11.2 Å². The molecule has 0 aliphatic carbocycles. The predicted molar refractivity (Wildman–Crippen MR) is 90.4 cm³/mol. The number of aromatic nitrogens is 1. The van der Waals surface area contributed by atoms with E-state index in [1.54, 1.807) is 23.2 Å². The average molecular weight is 346 g/mol. The van der Waals surface area contributed by atoms with Crippen LogP contribution in [0.4, 0.5) is 4.39 Å². The number of hydrogen-bond acceptors (Lipinski definition) is 4. The Kier molecular flexibility index (Phi) is 4.90. The summed E-state index contributed by atoms with van der Waals surface area (Å²) in [4.78, 5) is 18.6. The van der Waals surface area contributed by atoms with E-state index in [-0.39, 0.29) is 17.8 Å². The molecule has 1 atom stereocenters. The molecule has 0 saturated carbocycles. The fourth-order valence-corrected chi connectivity index (χ4v) is 2.81. The number of carbonyl (C=O) groups excluding carboxylic acids is 1. The summed E-state index contributed by atoms with van der Waals surface area (Å²) in [5, 5.41) is 0. The monoisotopic (exact) mass is 346 g/mol. The fourth-order valence-electron chi connectivity index (χ4n) is 2.81. The van der Waals surface area contributed by atoms with Crippen molar-refractivity contribution in [2.24, 2.45) is 5.41 Å². The smallest absolute Gasteiger partial charge is 0.228 e. The maximum atomic E-state index is 13.0. The molecule has 2 aromatic rings. The summed E-state index contributed by atoms with van der Waals surface area (Å²) in [6, 6.07) is 6.29. The van der Waals surface area contributed by atoms with Crippen LogP contribution < -0.4 is 0 Å². The predicted octanol–water partition coefficient (Wildman–Crippen LogP) is 3.35. The van der Waals surface area contributed by atoms with E-state index in [9.17, 15) is 9.18 Å². The molecule has 1 aromatic carbocycles. The molecule has 0 bridgehead atoms. The first-order chi connectivity index (χ1) is 11.8. The largest absolute Gasteiger partial charge is 0.442 e. The van der Waals surface area contributed by atoms with Gasteiger partial charge in [0.05, 0.1) is 19.3 Å². The summed E-state index contributed by atoms with van der Waals surface area (Å²) in [6.07, 6.45) is 1.83. The molecule has 6 heteroatoms. The second-order valence-corrected chi connectivity index (χ2v) is 7.33. The Balaban J connectivity index is 1.67. The Morgan fingerprint density at radius 2 is 2.04 bits per heavy atom. The van der Waals surface area contributed by atoms with Gasteiger partial charge in [0.25, 0.3) is 0 Å². The number of morpholine rings is 1. The van der Waals surface area contributed by atoms with Crippen LogP contribution >= 0.6 is 0 Å². The topological polar surface area (TPSA) is 55.6 Å². The van der Waals surface area contributed by atoms with Gasteiger partial charge in [-0.3, -0.25) is 4.79 Å². The van der Waals surface area contributed by atoms with Gasteiger partial charge in [-0.15, -0.1) is 0 Å². The van der Waals surface area contributed by atoms with Crippen LogP contribution in [0.25, 0.3) is 0 Å². The number of hydrogen-bond donors (Lipinski definition) is 0. The molecule has 2 heterocycles. The lowest BCUT2D eigenvalue weighted by Crippen LogP contribution is -2.46. The fraction of sp³-hybridized carbons (Fsp3) is 0.474. The van der Waals surface area contributed by atoms with E-state index in [1.165, 1.54) is 12.1 Å². The van der Waals surface area contributed by atoms with Crippen molar-refractivity contribution in [1.82, 2.24) is 9.88 Å². The summed E-state index contributed by atoms with van der Waals surface area (Å²) < 4.78 is 24.5. The minimum absolute atomic E-state index is 0.0962. The highest BCUT2D eigenvalue weighted by atomic mass is 19.1. The van der Waals surface area contributed by atoms with E-state index < -0.39 is 5.41 Å². The number of carbonyl (C=O) groups is 1. The maximum Gasteiger partial charge on any atom is 0.228 e. The van der Waals surface area contributed by atoms with E-state index in [0.29, 0.717) is 37.8 Å². The second kappa shape index (κ2) is 6.96. The number of halogens is 1. The first-order valence-electron chi connectivity index (χ1n) is 8.43. The molecule has 25 heavy (non-hydrogen) atoms. The molecule has 134 valence electrons. The summed E-state index contributed by atoms with van der Waals surface area (Å²) in [5.41, 5.74) is 0.518. The van der Waals surface area contributed by atoms with Crippen molar-refractivity contribution in [3.8, 4) is 0 Å². The van der Waals surface area contributed by atoms with Gasteiger partial charge in [-0.1, -0.05) is 32.9 Å². The molecule has 0 N–H and O–H groups in total. The van der Waals surface area contributed by atoms with Crippen molar-refractivity contribution < 1.29 is 18.3 Å². The number of amides is 1. The maximum absolute atomic E-state index is 13.0. The lowest BCUT2D eigenvalue weighted by Gasteiger charge is -2.35. The zero-order chi connectivity index (χ0) is 18.0. The molecule has 5 nitrogen and oxygen atoms in total. The van der Waals surface area contributed by atoms with Gasteiger partial charge in [-0.25, -0.2) is 9.37 Å². The second-order valence-electron chi connectivity index (χ2n) is 7.33. The molecule has 0 spiro atoms. The third kappa shape index (κ3) is 4.25. The van der Waals surface area contributed by atoms with Crippen molar-refractivity contribution in [1.29, 1.82) is 0 Å². The number of oxazole rings is 1. The summed E-state index contributed by atoms with van der Waals surface area (Å²) in [7, 11) is 0. The Bertz CT molecular complexity index is 734. The van der Waals surface area contributed by atoms with Crippen molar-refractivity contribution in [2.45, 2.75) is 33.3 Å². The first-order valence-corrected chi connectivity index (χ1v) is 8.43. The van der Waals surface area contributed by atoms with Gasteiger partial charge in [0, 0.05) is 18.4 Å². The van der Waals surface area contributed by atoms with Gasteiger partial charge in [-0.2, -0.15) is 0 Å². The van der Waals surface area contributed by atoms with Gasteiger partial charge in [0.2, 0.25) is 11.8 Å². The summed E-state index contributed by atoms with van der Waals surface area (Å²) >= 11 is 0. The van der Waals surface area contributed by atoms with Crippen LogP contribution in [0.15, 0.2) is 34.9 Å². The molecule has 1 aromatic heterocycles. The highest BCUT2D eigenvalue weighted by Crippen LogP contribution is 2.26. The van der Waals surface area contributed by atoms with E-state index in [4.69, 9.17) is 9.15 Å². The third-order valence-corrected chi connectivity index (χ3v) is 4.13. The first kappa shape index (κ1) is 17.6. The van der Waals surface area contributed by atoms with Crippen molar-refractivity contribution in [3.05, 3.63) is 53.5 Å². The molecule has 1 aliphatic rings. The quantitative estimate of drug-likeness (QED) is 0.855. The molecule has 1 saturated heterocycles. The van der Waals surface area contributed by atoms with Crippen molar-refractivity contribution in [2.75, 3.05) is 19.7 Å². The third-order valence-electron chi connectivity index (χ3n) is 4.13. The molecule has 1 unspecified atom stereocenters. The van der Waals surface area contributed by atoms with Gasteiger partial charge < -0.3 is 14.1 Å². The number of ether oxygens (including phenoxy) is 1. The van der Waals surface area contributed by atoms with Gasteiger partial charge in [-0.05, 0) is 17.7 Å². The van der Waals surface area contributed by atoms with Crippen molar-refractivity contribution in [3.63, 3.8) is 0 Å². The molecule has 1 amide bonds. The lowest BCUT2D eigenvalue weighted by atomic mass is 9.94. The normalized spacial score (nSPS) is 18.4. The van der Waals surface area contributed by atoms with E-state index >= 15 is 0 Å². The van der Waals surface area contributed by atoms with Crippen LogP contribution in [0.3, 0.4) is 0 Å². The van der Waals surface area contributed by atoms with E-state index in [1.807, 2.05) is 20.8 Å². The Morgan fingerprint density at radius 1 is 1.32 bits per heavy atom. The SMILES string of the molecule is CC(C)(C)C(=O)N1CCOC(c2ncc(Cc3ccc(F)cc3)o2)C1. The van der Waals surface area contributed by atoms with Crippen LogP contribution in [0.1, 0.15) is 44.1 Å². The minimum atomic E-state index is -0.424. The molecule has 3 rings (SSSR count).